The molecule has 0 saturated carbocycles. The maximum atomic E-state index is 13.1. The lowest BCUT2D eigenvalue weighted by molar-refractivity contribution is 0.234. The number of aromatic nitrogens is 3. The van der Waals surface area contributed by atoms with Crippen molar-refractivity contribution < 1.29 is 8.81 Å². The second kappa shape index (κ2) is 6.81. The first-order valence-corrected chi connectivity index (χ1v) is 9.71. The van der Waals surface area contributed by atoms with Crippen molar-refractivity contribution in [3.63, 3.8) is 0 Å². The molecule has 1 aromatic carbocycles. The molecule has 0 amide bonds. The van der Waals surface area contributed by atoms with Gasteiger partial charge in [-0.25, -0.2) is 9.07 Å². The molecule has 0 N–H and O–H groups in total. The van der Waals surface area contributed by atoms with E-state index in [1.807, 2.05) is 12.1 Å². The third-order valence-corrected chi connectivity index (χ3v) is 5.96. The van der Waals surface area contributed by atoms with Gasteiger partial charge >= 0.3 is 11.1 Å². The lowest BCUT2D eigenvalue weighted by atomic mass is 9.86. The van der Waals surface area contributed by atoms with E-state index in [9.17, 15) is 14.0 Å². The summed E-state index contributed by atoms with van der Waals surface area (Å²) in [5, 5.41) is 4.49. The van der Waals surface area contributed by atoms with Crippen molar-refractivity contribution in [1.29, 1.82) is 0 Å². The molecule has 2 aliphatic heterocycles. The van der Waals surface area contributed by atoms with E-state index in [-0.39, 0.29) is 17.8 Å². The normalized spacial score (nSPS) is 21.1. The van der Waals surface area contributed by atoms with Crippen LogP contribution in [0.4, 0.5) is 4.39 Å². The minimum Gasteiger partial charge on any atom is -0.468 e. The van der Waals surface area contributed by atoms with Crippen LogP contribution in [-0.4, -0.2) is 32.3 Å². The van der Waals surface area contributed by atoms with Crippen LogP contribution >= 0.6 is 0 Å². The Balaban J connectivity index is 1.38. The highest BCUT2D eigenvalue weighted by molar-refractivity contribution is 5.16. The van der Waals surface area contributed by atoms with E-state index in [0.29, 0.717) is 18.8 Å². The van der Waals surface area contributed by atoms with Crippen molar-refractivity contribution in [2.24, 2.45) is 5.41 Å². The SMILES string of the molecule is O=c1c(=O)n2c(nn1Cc1ccc(F)cc1)C[C@@]1(CCN(Cc3ccco3)C1)C2. The molecule has 1 saturated heterocycles. The number of benzene rings is 1. The first-order valence-electron chi connectivity index (χ1n) is 9.71. The maximum absolute atomic E-state index is 13.1. The number of fused-ring (bicyclic) bond motifs is 1. The van der Waals surface area contributed by atoms with Gasteiger partial charge in [-0.3, -0.25) is 19.1 Å². The summed E-state index contributed by atoms with van der Waals surface area (Å²) >= 11 is 0. The number of rotatable bonds is 4. The van der Waals surface area contributed by atoms with E-state index in [0.717, 1.165) is 37.4 Å². The van der Waals surface area contributed by atoms with Crippen molar-refractivity contribution >= 4 is 0 Å². The van der Waals surface area contributed by atoms with Gasteiger partial charge in [0.15, 0.2) is 0 Å². The van der Waals surface area contributed by atoms with Gasteiger partial charge in [0.1, 0.15) is 17.4 Å². The van der Waals surface area contributed by atoms with Gasteiger partial charge in [-0.05, 0) is 42.8 Å². The molecule has 0 aliphatic carbocycles. The maximum Gasteiger partial charge on any atom is 0.332 e. The molecule has 5 rings (SSSR count). The van der Waals surface area contributed by atoms with Gasteiger partial charge < -0.3 is 4.42 Å². The summed E-state index contributed by atoms with van der Waals surface area (Å²) in [7, 11) is 0. The number of furan rings is 1. The third-order valence-electron chi connectivity index (χ3n) is 5.96. The Morgan fingerprint density at radius 3 is 2.66 bits per heavy atom. The molecule has 0 bridgehead atoms. The Morgan fingerprint density at radius 1 is 1.07 bits per heavy atom. The predicted octanol–water partition coefficient (Wildman–Crippen LogP) is 1.63. The largest absolute Gasteiger partial charge is 0.468 e. The van der Waals surface area contributed by atoms with Crippen LogP contribution in [0.2, 0.25) is 0 Å². The van der Waals surface area contributed by atoms with Crippen LogP contribution in [0.1, 0.15) is 23.6 Å². The van der Waals surface area contributed by atoms with E-state index >= 15 is 0 Å². The van der Waals surface area contributed by atoms with E-state index in [4.69, 9.17) is 4.42 Å². The first-order chi connectivity index (χ1) is 14.0. The molecule has 1 spiro atoms. The molecular formula is C21H21FN4O3. The van der Waals surface area contributed by atoms with E-state index in [1.165, 1.54) is 16.8 Å². The Labute approximate surface area is 166 Å². The van der Waals surface area contributed by atoms with Crippen molar-refractivity contribution in [3.8, 4) is 0 Å². The minimum absolute atomic E-state index is 0.0761. The summed E-state index contributed by atoms with van der Waals surface area (Å²) in [4.78, 5) is 27.6. The van der Waals surface area contributed by atoms with Crippen LogP contribution in [0.3, 0.4) is 0 Å². The van der Waals surface area contributed by atoms with Crippen LogP contribution in [-0.2, 0) is 26.1 Å². The van der Waals surface area contributed by atoms with Crippen LogP contribution in [0.25, 0.3) is 0 Å². The topological polar surface area (TPSA) is 73.3 Å². The van der Waals surface area contributed by atoms with Crippen molar-refractivity contribution in [2.75, 3.05) is 13.1 Å². The van der Waals surface area contributed by atoms with E-state index in [2.05, 4.69) is 10.00 Å². The highest BCUT2D eigenvalue weighted by Crippen LogP contribution is 2.39. The highest BCUT2D eigenvalue weighted by atomic mass is 19.1. The number of halogens is 1. The molecule has 7 nitrogen and oxygen atoms in total. The number of hydrogen-bond donors (Lipinski definition) is 0. The molecule has 0 radical (unpaired) electrons. The molecule has 2 aromatic heterocycles. The van der Waals surface area contributed by atoms with Gasteiger partial charge in [0, 0.05) is 24.9 Å². The number of likely N-dealkylation sites (tertiary alicyclic amines) is 1. The molecule has 8 heteroatoms. The fourth-order valence-corrected chi connectivity index (χ4v) is 4.53. The van der Waals surface area contributed by atoms with Gasteiger partial charge in [-0.15, -0.1) is 0 Å². The van der Waals surface area contributed by atoms with Crippen molar-refractivity contribution in [3.05, 3.63) is 86.3 Å². The first kappa shape index (κ1) is 18.1. The Kier molecular flexibility index (Phi) is 4.24. The van der Waals surface area contributed by atoms with E-state index < -0.39 is 11.1 Å². The molecule has 3 aromatic rings. The highest BCUT2D eigenvalue weighted by Gasteiger charge is 2.44. The summed E-state index contributed by atoms with van der Waals surface area (Å²) in [6.07, 6.45) is 3.29. The second-order valence-corrected chi connectivity index (χ2v) is 8.11. The van der Waals surface area contributed by atoms with Gasteiger partial charge in [0.2, 0.25) is 0 Å². The van der Waals surface area contributed by atoms with Crippen LogP contribution in [0.15, 0.2) is 56.7 Å². The Hall–Kier alpha value is -3.00. The van der Waals surface area contributed by atoms with Crippen LogP contribution in [0.5, 0.6) is 0 Å². The lowest BCUT2D eigenvalue weighted by Crippen LogP contribution is -2.43. The van der Waals surface area contributed by atoms with Crippen molar-refractivity contribution in [2.45, 2.75) is 32.5 Å². The molecule has 1 fully saturated rings. The molecule has 1 atom stereocenters. The summed E-state index contributed by atoms with van der Waals surface area (Å²) in [5.41, 5.74) is -0.518. The Bertz CT molecular complexity index is 1150. The zero-order chi connectivity index (χ0) is 20.0. The molecule has 29 heavy (non-hydrogen) atoms. The summed E-state index contributed by atoms with van der Waals surface area (Å²) in [6, 6.07) is 9.70. The Morgan fingerprint density at radius 2 is 1.90 bits per heavy atom. The summed E-state index contributed by atoms with van der Waals surface area (Å²) < 4.78 is 21.3. The fourth-order valence-electron chi connectivity index (χ4n) is 4.53. The van der Waals surface area contributed by atoms with Gasteiger partial charge in [-0.2, -0.15) is 5.10 Å². The summed E-state index contributed by atoms with van der Waals surface area (Å²) in [5.74, 6) is 1.23. The molecule has 4 heterocycles. The molecule has 0 unspecified atom stereocenters. The quantitative estimate of drug-likeness (QED) is 0.627. The summed E-state index contributed by atoms with van der Waals surface area (Å²) in [6.45, 7) is 3.17. The van der Waals surface area contributed by atoms with Crippen LogP contribution < -0.4 is 11.1 Å². The van der Waals surface area contributed by atoms with E-state index in [1.54, 1.807) is 23.0 Å². The van der Waals surface area contributed by atoms with Gasteiger partial charge in [0.25, 0.3) is 0 Å². The fraction of sp³-hybridized carbons (Fsp3) is 0.381. The average molecular weight is 396 g/mol. The third kappa shape index (κ3) is 3.33. The lowest BCUT2D eigenvalue weighted by Gasteiger charge is -2.22. The number of hydrogen-bond acceptors (Lipinski definition) is 5. The average Bonchev–Trinajstić information content (AvgIpc) is 3.43. The zero-order valence-electron chi connectivity index (χ0n) is 15.9. The second-order valence-electron chi connectivity index (χ2n) is 8.11. The molecule has 2 aliphatic rings. The van der Waals surface area contributed by atoms with Gasteiger partial charge in [0.05, 0.1) is 19.4 Å². The minimum atomic E-state index is -0.638. The van der Waals surface area contributed by atoms with Crippen molar-refractivity contribution in [1.82, 2.24) is 19.2 Å². The van der Waals surface area contributed by atoms with Gasteiger partial charge in [-0.1, -0.05) is 12.1 Å². The standard InChI is InChI=1S/C21H21FN4O3/c22-16-5-3-15(4-6-16)11-26-20(28)19(27)25-14-21(10-18(25)23-26)7-8-24(13-21)12-17-2-1-9-29-17/h1-6,9H,7-8,10-14H2/t21-/m1/s1. The zero-order valence-corrected chi connectivity index (χ0v) is 15.9. The predicted molar refractivity (Wildman–Crippen MR) is 103 cm³/mol. The molecular weight excluding hydrogens is 375 g/mol. The monoisotopic (exact) mass is 396 g/mol. The number of nitrogens with zero attached hydrogens (tertiary/aromatic N) is 4. The smallest absolute Gasteiger partial charge is 0.332 e. The molecule has 150 valence electrons. The van der Waals surface area contributed by atoms with Crippen LogP contribution in [0, 0.1) is 11.2 Å².